The molecule has 138 valence electrons. The first-order valence-corrected chi connectivity index (χ1v) is 9.16. The van der Waals surface area contributed by atoms with E-state index < -0.39 is 0 Å². The van der Waals surface area contributed by atoms with Crippen molar-refractivity contribution in [3.8, 4) is 0 Å². The summed E-state index contributed by atoms with van der Waals surface area (Å²) >= 11 is 0. The van der Waals surface area contributed by atoms with E-state index in [4.69, 9.17) is 0 Å². The van der Waals surface area contributed by atoms with Gasteiger partial charge in [0.15, 0.2) is 0 Å². The molecule has 0 aliphatic carbocycles. The molecule has 0 spiro atoms. The Morgan fingerprint density at radius 1 is 1.07 bits per heavy atom. The van der Waals surface area contributed by atoms with Gasteiger partial charge in [0.2, 0.25) is 5.95 Å². The smallest absolute Gasteiger partial charge is 0.277 e. The number of amides is 1. The molecule has 0 radical (unpaired) electrons. The molecule has 0 saturated carbocycles. The molecule has 1 aromatic heterocycles. The van der Waals surface area contributed by atoms with E-state index >= 15 is 0 Å². The molecule has 0 saturated heterocycles. The van der Waals surface area contributed by atoms with E-state index in [1.165, 1.54) is 5.56 Å². The van der Waals surface area contributed by atoms with E-state index in [1.807, 2.05) is 56.3 Å². The summed E-state index contributed by atoms with van der Waals surface area (Å²) in [5.74, 6) is 0.341. The second kappa shape index (κ2) is 8.94. The van der Waals surface area contributed by atoms with Gasteiger partial charge in [0, 0.05) is 25.0 Å². The molecule has 5 heteroatoms. The van der Waals surface area contributed by atoms with E-state index in [0.29, 0.717) is 24.7 Å². The molecular weight excluding hydrogens is 336 g/mol. The van der Waals surface area contributed by atoms with E-state index in [0.717, 1.165) is 17.7 Å². The molecule has 1 N–H and O–H groups in total. The first kappa shape index (κ1) is 18.6. The van der Waals surface area contributed by atoms with E-state index in [2.05, 4.69) is 27.4 Å². The summed E-state index contributed by atoms with van der Waals surface area (Å²) in [6.45, 7) is 5.25. The Kier molecular flexibility index (Phi) is 6.15. The predicted molar refractivity (Wildman–Crippen MR) is 109 cm³/mol. The molecule has 0 atom stereocenters. The van der Waals surface area contributed by atoms with Crippen LogP contribution in [0.1, 0.15) is 28.5 Å². The van der Waals surface area contributed by atoms with Gasteiger partial charge < -0.3 is 10.2 Å². The van der Waals surface area contributed by atoms with Crippen LogP contribution in [0.2, 0.25) is 0 Å². The van der Waals surface area contributed by atoms with Crippen molar-refractivity contribution in [3.05, 3.63) is 83.7 Å². The summed E-state index contributed by atoms with van der Waals surface area (Å²) < 4.78 is 0. The van der Waals surface area contributed by atoms with Gasteiger partial charge in [0.1, 0.15) is 5.69 Å². The minimum absolute atomic E-state index is 0.128. The van der Waals surface area contributed by atoms with Crippen molar-refractivity contribution in [1.29, 1.82) is 0 Å². The molecule has 1 heterocycles. The molecule has 0 aliphatic heterocycles. The number of benzene rings is 2. The molecule has 0 bridgehead atoms. The number of anilines is 2. The average Bonchev–Trinajstić information content (AvgIpc) is 2.70. The summed E-state index contributed by atoms with van der Waals surface area (Å²) in [6.07, 6.45) is 2.49. The van der Waals surface area contributed by atoms with Gasteiger partial charge in [-0.3, -0.25) is 4.79 Å². The van der Waals surface area contributed by atoms with Crippen LogP contribution in [0.15, 0.2) is 66.9 Å². The highest BCUT2D eigenvalue weighted by atomic mass is 16.2. The summed E-state index contributed by atoms with van der Waals surface area (Å²) in [5.41, 5.74) is 3.62. The van der Waals surface area contributed by atoms with Gasteiger partial charge in [-0.1, -0.05) is 42.5 Å². The number of rotatable bonds is 7. The number of aryl methyl sites for hydroxylation is 1. The zero-order chi connectivity index (χ0) is 19.1. The maximum absolute atomic E-state index is 12.9. The second-order valence-electron chi connectivity index (χ2n) is 6.32. The van der Waals surface area contributed by atoms with Crippen molar-refractivity contribution in [1.82, 2.24) is 9.97 Å². The van der Waals surface area contributed by atoms with Crippen molar-refractivity contribution in [2.45, 2.75) is 20.3 Å². The minimum Gasteiger partial charge on any atom is -0.354 e. The summed E-state index contributed by atoms with van der Waals surface area (Å²) in [4.78, 5) is 23.3. The van der Waals surface area contributed by atoms with Gasteiger partial charge in [0.25, 0.3) is 5.91 Å². The lowest BCUT2D eigenvalue weighted by atomic mass is 10.1. The van der Waals surface area contributed by atoms with Crippen LogP contribution in [0.5, 0.6) is 0 Å². The Hall–Kier alpha value is -3.21. The van der Waals surface area contributed by atoms with Crippen LogP contribution in [0.4, 0.5) is 11.6 Å². The fourth-order valence-corrected chi connectivity index (χ4v) is 2.90. The third-order valence-electron chi connectivity index (χ3n) is 4.29. The molecule has 2 aromatic carbocycles. The maximum Gasteiger partial charge on any atom is 0.277 e. The largest absolute Gasteiger partial charge is 0.354 e. The first-order valence-electron chi connectivity index (χ1n) is 9.16. The van der Waals surface area contributed by atoms with Gasteiger partial charge >= 0.3 is 0 Å². The molecule has 0 fully saturated rings. The number of carbonyl (C=O) groups excluding carboxylic acids is 1. The van der Waals surface area contributed by atoms with Gasteiger partial charge in [-0.15, -0.1) is 0 Å². The van der Waals surface area contributed by atoms with Crippen LogP contribution >= 0.6 is 0 Å². The van der Waals surface area contributed by atoms with Crippen LogP contribution in [-0.2, 0) is 6.42 Å². The van der Waals surface area contributed by atoms with Gasteiger partial charge in [-0.05, 0) is 49.6 Å². The Morgan fingerprint density at radius 2 is 1.89 bits per heavy atom. The van der Waals surface area contributed by atoms with Crippen molar-refractivity contribution in [3.63, 3.8) is 0 Å². The normalized spacial score (nSPS) is 10.4. The van der Waals surface area contributed by atoms with Gasteiger partial charge in [-0.25, -0.2) is 9.97 Å². The zero-order valence-corrected chi connectivity index (χ0v) is 15.7. The molecular formula is C22H24N4O. The third kappa shape index (κ3) is 4.91. The summed E-state index contributed by atoms with van der Waals surface area (Å²) in [6, 6.07) is 19.8. The standard InChI is InChI=1S/C22H24N4O/c1-3-26(19-11-7-8-17(2)16-19)21(27)20-13-15-24-22(25-20)23-14-12-18-9-5-4-6-10-18/h4-11,13,15-16H,3,12,14H2,1-2H3,(H,23,24,25). The lowest BCUT2D eigenvalue weighted by Crippen LogP contribution is -2.31. The maximum atomic E-state index is 12.9. The van der Waals surface area contributed by atoms with Crippen LogP contribution in [0.3, 0.4) is 0 Å². The lowest BCUT2D eigenvalue weighted by molar-refractivity contribution is 0.0983. The predicted octanol–water partition coefficient (Wildman–Crippen LogP) is 4.11. The fraction of sp³-hybridized carbons (Fsp3) is 0.227. The van der Waals surface area contributed by atoms with Crippen LogP contribution < -0.4 is 10.2 Å². The lowest BCUT2D eigenvalue weighted by Gasteiger charge is -2.21. The van der Waals surface area contributed by atoms with Crippen LogP contribution in [0, 0.1) is 6.92 Å². The van der Waals surface area contributed by atoms with E-state index in [1.54, 1.807) is 17.2 Å². The fourth-order valence-electron chi connectivity index (χ4n) is 2.90. The number of nitrogens with zero attached hydrogens (tertiary/aromatic N) is 3. The Morgan fingerprint density at radius 3 is 2.63 bits per heavy atom. The molecule has 27 heavy (non-hydrogen) atoms. The molecule has 1 amide bonds. The Balaban J connectivity index is 1.69. The molecule has 0 unspecified atom stereocenters. The van der Waals surface area contributed by atoms with Crippen molar-refractivity contribution >= 4 is 17.5 Å². The average molecular weight is 360 g/mol. The SMILES string of the molecule is CCN(C(=O)c1ccnc(NCCc2ccccc2)n1)c1cccc(C)c1. The van der Waals surface area contributed by atoms with Gasteiger partial charge in [0.05, 0.1) is 0 Å². The van der Waals surface area contributed by atoms with Crippen molar-refractivity contribution in [2.75, 3.05) is 23.3 Å². The van der Waals surface area contributed by atoms with Crippen LogP contribution in [0.25, 0.3) is 0 Å². The summed E-state index contributed by atoms with van der Waals surface area (Å²) in [7, 11) is 0. The van der Waals surface area contributed by atoms with Crippen LogP contribution in [-0.4, -0.2) is 29.0 Å². The third-order valence-corrected chi connectivity index (χ3v) is 4.29. The molecule has 5 nitrogen and oxygen atoms in total. The number of aromatic nitrogens is 2. The molecule has 0 aliphatic rings. The number of nitrogens with one attached hydrogen (secondary N) is 1. The summed E-state index contributed by atoms with van der Waals surface area (Å²) in [5, 5.41) is 3.20. The topological polar surface area (TPSA) is 58.1 Å². The van der Waals surface area contributed by atoms with Crippen molar-refractivity contribution < 1.29 is 4.79 Å². The monoisotopic (exact) mass is 360 g/mol. The van der Waals surface area contributed by atoms with Gasteiger partial charge in [-0.2, -0.15) is 0 Å². The van der Waals surface area contributed by atoms with Crippen molar-refractivity contribution in [2.24, 2.45) is 0 Å². The second-order valence-corrected chi connectivity index (χ2v) is 6.32. The van der Waals surface area contributed by atoms with E-state index in [9.17, 15) is 4.79 Å². The quantitative estimate of drug-likeness (QED) is 0.689. The first-order chi connectivity index (χ1) is 13.2. The van der Waals surface area contributed by atoms with E-state index in [-0.39, 0.29) is 5.91 Å². The Bertz CT molecular complexity index is 896. The number of carbonyl (C=O) groups is 1. The number of hydrogen-bond donors (Lipinski definition) is 1. The highest BCUT2D eigenvalue weighted by molar-refractivity contribution is 6.04. The highest BCUT2D eigenvalue weighted by Crippen LogP contribution is 2.18. The Labute approximate surface area is 160 Å². The molecule has 3 aromatic rings. The molecule has 3 rings (SSSR count). The number of hydrogen-bond acceptors (Lipinski definition) is 4. The highest BCUT2D eigenvalue weighted by Gasteiger charge is 2.18. The zero-order valence-electron chi connectivity index (χ0n) is 15.7. The minimum atomic E-state index is -0.128.